The Morgan fingerprint density at radius 1 is 1.37 bits per heavy atom. The van der Waals surface area contributed by atoms with Crippen LogP contribution in [0.1, 0.15) is 75.4 Å². The number of fused-ring (bicyclic) bond motifs is 1. The molecule has 0 bridgehead atoms. The fourth-order valence-corrected chi connectivity index (χ4v) is 3.64. The largest absolute Gasteiger partial charge is 0.569 e. The molecule has 1 aliphatic heterocycles. The molecule has 10 heteroatoms. The van der Waals surface area contributed by atoms with Gasteiger partial charge in [-0.05, 0) is 65.2 Å². The molecule has 3 rings (SSSR count). The zero-order valence-electron chi connectivity index (χ0n) is 21.1. The van der Waals surface area contributed by atoms with Gasteiger partial charge in [0, 0.05) is 28.8 Å². The maximum atomic E-state index is 12.6. The molecule has 190 valence electrons. The summed E-state index contributed by atoms with van der Waals surface area (Å²) in [5.74, 6) is 0.0933. The molecule has 0 amide bonds. The highest BCUT2D eigenvalue weighted by Gasteiger charge is 2.30. The second kappa shape index (κ2) is 11.2. The maximum Gasteiger partial charge on any atom is 0.311 e. The number of aromatic nitrogens is 1. The van der Waals surface area contributed by atoms with E-state index in [0.29, 0.717) is 40.9 Å². The summed E-state index contributed by atoms with van der Waals surface area (Å²) < 4.78 is 11.7. The van der Waals surface area contributed by atoms with E-state index in [0.717, 1.165) is 16.7 Å². The molecule has 0 aliphatic carbocycles. The first kappa shape index (κ1) is 26.7. The molecular formula is C25H33ClN4O5. The van der Waals surface area contributed by atoms with Crippen molar-refractivity contribution in [2.24, 2.45) is 5.28 Å². The summed E-state index contributed by atoms with van der Waals surface area (Å²) >= 11 is 6.00. The Labute approximate surface area is 211 Å². The van der Waals surface area contributed by atoms with Gasteiger partial charge in [0.1, 0.15) is 12.2 Å². The Balaban J connectivity index is 1.55. The van der Waals surface area contributed by atoms with E-state index >= 15 is 0 Å². The number of carbonyl (C=O) groups is 1. The number of aryl methyl sites for hydroxylation is 1. The number of esters is 1. The van der Waals surface area contributed by atoms with Crippen LogP contribution >= 0.6 is 11.6 Å². The molecule has 35 heavy (non-hydrogen) atoms. The number of benzene rings is 1. The quantitative estimate of drug-likeness (QED) is 0.188. The standard InChI is InChI=1S/C25H33ClN4O5/c1-16(35-28-30(32)29(6)25(3,4)5)8-7-9-22(31)34-23-17(2)27-14-20-21(23)15-33-24(20)18-10-12-19(26)13-11-18/h10-14,16,24H,7-9,15H2,1-6H3/b30-28-/t16?,24-/m0/s1. The molecular weight excluding hydrogens is 472 g/mol. The van der Waals surface area contributed by atoms with E-state index in [1.54, 1.807) is 27.1 Å². The average molecular weight is 505 g/mol. The minimum atomic E-state index is -0.383. The number of rotatable bonds is 9. The Kier molecular flexibility index (Phi) is 8.56. The van der Waals surface area contributed by atoms with Crippen LogP contribution in [-0.4, -0.2) is 39.6 Å². The third kappa shape index (κ3) is 6.82. The molecule has 0 saturated carbocycles. The number of pyridine rings is 1. The van der Waals surface area contributed by atoms with Crippen LogP contribution in [0.15, 0.2) is 35.7 Å². The first-order valence-corrected chi connectivity index (χ1v) is 12.0. The van der Waals surface area contributed by atoms with Crippen molar-refractivity contribution in [2.45, 2.75) is 78.2 Å². The van der Waals surface area contributed by atoms with Crippen molar-refractivity contribution in [2.75, 3.05) is 7.05 Å². The van der Waals surface area contributed by atoms with E-state index < -0.39 is 0 Å². The number of hydrazine groups is 1. The molecule has 9 nitrogen and oxygen atoms in total. The van der Waals surface area contributed by atoms with Crippen molar-refractivity contribution in [1.82, 2.24) is 9.99 Å². The molecule has 2 atom stereocenters. The SMILES string of the molecule is Cc1ncc2c(c1OC(=O)CCCC(C)O/N=[N+](\[O-])N(C)C(C)(C)C)CO[C@H]2c1ccc(Cl)cc1. The predicted octanol–water partition coefficient (Wildman–Crippen LogP) is 5.67. The summed E-state index contributed by atoms with van der Waals surface area (Å²) in [5, 5.41) is 17.7. The smallest absolute Gasteiger partial charge is 0.311 e. The lowest BCUT2D eigenvalue weighted by molar-refractivity contribution is -0.720. The molecule has 2 heterocycles. The van der Waals surface area contributed by atoms with Gasteiger partial charge in [-0.3, -0.25) is 9.78 Å². The van der Waals surface area contributed by atoms with Crippen LogP contribution in [0.2, 0.25) is 5.02 Å². The Bertz CT molecular complexity index is 1070. The van der Waals surface area contributed by atoms with Crippen LogP contribution < -0.4 is 4.74 Å². The summed E-state index contributed by atoms with van der Waals surface area (Å²) in [6, 6.07) is 7.46. The molecule has 0 radical (unpaired) electrons. The molecule has 1 aromatic carbocycles. The Morgan fingerprint density at radius 3 is 2.71 bits per heavy atom. The molecule has 0 fully saturated rings. The van der Waals surface area contributed by atoms with Gasteiger partial charge in [-0.2, -0.15) is 0 Å². The molecule has 1 unspecified atom stereocenters. The van der Waals surface area contributed by atoms with Gasteiger partial charge in [-0.1, -0.05) is 23.7 Å². The lowest BCUT2D eigenvalue weighted by Crippen LogP contribution is -2.42. The van der Waals surface area contributed by atoms with E-state index in [9.17, 15) is 10.0 Å². The summed E-state index contributed by atoms with van der Waals surface area (Å²) in [7, 11) is 1.64. The third-order valence-electron chi connectivity index (χ3n) is 5.93. The van der Waals surface area contributed by atoms with Crippen molar-refractivity contribution in [1.29, 1.82) is 0 Å². The summed E-state index contributed by atoms with van der Waals surface area (Å²) in [6.07, 6.45) is 2.42. The Morgan fingerprint density at radius 2 is 2.06 bits per heavy atom. The van der Waals surface area contributed by atoms with E-state index in [4.69, 9.17) is 25.9 Å². The van der Waals surface area contributed by atoms with Crippen LogP contribution in [-0.2, 0) is 21.0 Å². The number of carbonyl (C=O) groups excluding carboxylic acids is 1. The van der Waals surface area contributed by atoms with Gasteiger partial charge in [0.25, 0.3) is 0 Å². The van der Waals surface area contributed by atoms with Crippen LogP contribution in [0, 0.1) is 12.1 Å². The van der Waals surface area contributed by atoms with E-state index in [1.165, 1.54) is 5.01 Å². The van der Waals surface area contributed by atoms with E-state index in [-0.39, 0.29) is 30.1 Å². The second-order valence-corrected chi connectivity index (χ2v) is 10.1. The van der Waals surface area contributed by atoms with Gasteiger partial charge in [0.05, 0.1) is 29.9 Å². The highest BCUT2D eigenvalue weighted by molar-refractivity contribution is 6.30. The first-order valence-electron chi connectivity index (χ1n) is 11.6. The zero-order chi connectivity index (χ0) is 25.8. The predicted molar refractivity (Wildman–Crippen MR) is 131 cm³/mol. The summed E-state index contributed by atoms with van der Waals surface area (Å²) in [5.41, 5.74) is 2.92. The highest BCUT2D eigenvalue weighted by Crippen LogP contribution is 2.41. The fraction of sp³-hybridized carbons (Fsp3) is 0.520. The average Bonchev–Trinajstić information content (AvgIpc) is 3.23. The topological polar surface area (TPSA) is 99.3 Å². The minimum Gasteiger partial charge on any atom is -0.569 e. The monoisotopic (exact) mass is 504 g/mol. The summed E-state index contributed by atoms with van der Waals surface area (Å²) in [6.45, 7) is 9.62. The van der Waals surface area contributed by atoms with Gasteiger partial charge in [-0.25, -0.2) is 0 Å². The Hall–Kier alpha value is -2.91. The fourth-order valence-electron chi connectivity index (χ4n) is 3.52. The number of nitrogens with zero attached hydrogens (tertiary/aromatic N) is 4. The van der Waals surface area contributed by atoms with Gasteiger partial charge in [-0.15, -0.1) is 5.01 Å². The van der Waals surface area contributed by atoms with Crippen LogP contribution in [0.5, 0.6) is 5.75 Å². The normalized spacial score (nSPS) is 16.5. The lowest BCUT2D eigenvalue weighted by atomic mass is 10.0. The van der Waals surface area contributed by atoms with Crippen LogP contribution in [0.4, 0.5) is 0 Å². The molecule has 0 saturated heterocycles. The molecule has 1 aliphatic rings. The maximum absolute atomic E-state index is 12.6. The molecule has 1 aromatic heterocycles. The van der Waals surface area contributed by atoms with Crippen LogP contribution in [0.3, 0.4) is 0 Å². The van der Waals surface area contributed by atoms with Gasteiger partial charge in [0.2, 0.25) is 5.28 Å². The highest BCUT2D eigenvalue weighted by atomic mass is 35.5. The van der Waals surface area contributed by atoms with Crippen molar-refractivity contribution in [3.63, 3.8) is 0 Å². The number of halogens is 1. The van der Waals surface area contributed by atoms with Gasteiger partial charge in [0.15, 0.2) is 5.75 Å². The molecule has 0 spiro atoms. The van der Waals surface area contributed by atoms with Gasteiger partial charge >= 0.3 is 5.97 Å². The zero-order valence-corrected chi connectivity index (χ0v) is 21.8. The third-order valence-corrected chi connectivity index (χ3v) is 6.18. The summed E-state index contributed by atoms with van der Waals surface area (Å²) in [4.78, 5) is 22.7. The van der Waals surface area contributed by atoms with E-state index in [2.05, 4.69) is 10.3 Å². The lowest BCUT2D eigenvalue weighted by Gasteiger charge is -2.26. The van der Waals surface area contributed by atoms with Crippen LogP contribution in [0.25, 0.3) is 0 Å². The first-order chi connectivity index (χ1) is 16.5. The second-order valence-electron chi connectivity index (χ2n) is 9.66. The van der Waals surface area contributed by atoms with E-state index in [1.807, 2.05) is 45.0 Å². The minimum absolute atomic E-state index is 0.196. The van der Waals surface area contributed by atoms with Crippen molar-refractivity contribution in [3.8, 4) is 5.75 Å². The van der Waals surface area contributed by atoms with Crippen molar-refractivity contribution >= 4 is 17.6 Å². The number of ether oxygens (including phenoxy) is 2. The number of hydrogen-bond acceptors (Lipinski definition) is 7. The number of hydrogen-bond donors (Lipinski definition) is 0. The molecule has 0 N–H and O–H groups in total. The van der Waals surface area contributed by atoms with Crippen molar-refractivity contribution in [3.05, 3.63) is 63.1 Å². The van der Waals surface area contributed by atoms with Gasteiger partial charge < -0.3 is 19.5 Å². The van der Waals surface area contributed by atoms with Crippen molar-refractivity contribution < 1.29 is 24.1 Å². The molecule has 2 aromatic rings.